The van der Waals surface area contributed by atoms with E-state index in [0.717, 1.165) is 11.5 Å². The van der Waals surface area contributed by atoms with Crippen LogP contribution in [0, 0.1) is 0 Å². The molecule has 0 saturated carbocycles. The first-order valence-electron chi connectivity index (χ1n) is 3.99. The molecule has 1 heterocycles. The molecule has 0 aliphatic heterocycles. The predicted molar refractivity (Wildman–Crippen MR) is 51.6 cm³/mol. The number of hydrogen-bond donors (Lipinski definition) is 1. The van der Waals surface area contributed by atoms with Crippen LogP contribution in [0.15, 0.2) is 29.4 Å². The van der Waals surface area contributed by atoms with Gasteiger partial charge in [-0.2, -0.15) is 5.10 Å². The van der Waals surface area contributed by atoms with Gasteiger partial charge >= 0.3 is 0 Å². The summed E-state index contributed by atoms with van der Waals surface area (Å²) in [6.07, 6.45) is 5.03. The summed E-state index contributed by atoms with van der Waals surface area (Å²) in [6, 6.07) is 0. The lowest BCUT2D eigenvalue weighted by Gasteiger charge is -2.08. The van der Waals surface area contributed by atoms with Crippen LogP contribution in [0.3, 0.4) is 0 Å². The van der Waals surface area contributed by atoms with Crippen molar-refractivity contribution in [2.45, 2.75) is 6.92 Å². The van der Waals surface area contributed by atoms with Gasteiger partial charge in [0.05, 0.1) is 5.70 Å². The molecular formula is C8H13N5. The Labute approximate surface area is 77.2 Å². The first-order valence-corrected chi connectivity index (χ1v) is 3.99. The zero-order valence-electron chi connectivity index (χ0n) is 8.02. The van der Waals surface area contributed by atoms with E-state index < -0.39 is 0 Å². The molecule has 1 aromatic heterocycles. The van der Waals surface area contributed by atoms with Gasteiger partial charge in [-0.1, -0.05) is 6.08 Å². The summed E-state index contributed by atoms with van der Waals surface area (Å²) in [5, 5.41) is 7.03. The number of aromatic nitrogens is 3. The fourth-order valence-corrected chi connectivity index (χ4v) is 1.05. The summed E-state index contributed by atoms with van der Waals surface area (Å²) >= 11 is 0. The lowest BCUT2D eigenvalue weighted by atomic mass is 10.4. The van der Waals surface area contributed by atoms with Crippen molar-refractivity contribution in [3.8, 4) is 0 Å². The number of rotatable bonds is 2. The molecule has 0 unspecified atom stereocenters. The van der Waals surface area contributed by atoms with Crippen molar-refractivity contribution in [1.82, 2.24) is 20.1 Å². The minimum absolute atomic E-state index is 0.752. The third-order valence-electron chi connectivity index (χ3n) is 1.65. The van der Waals surface area contributed by atoms with E-state index in [9.17, 15) is 0 Å². The Balaban J connectivity index is 3.00. The van der Waals surface area contributed by atoms with Gasteiger partial charge in [-0.3, -0.25) is 4.99 Å². The van der Waals surface area contributed by atoms with E-state index in [2.05, 4.69) is 20.4 Å². The van der Waals surface area contributed by atoms with Crippen LogP contribution in [-0.4, -0.2) is 34.7 Å². The lowest BCUT2D eigenvalue weighted by molar-refractivity contribution is 0.898. The average molecular weight is 179 g/mol. The molecule has 5 nitrogen and oxygen atoms in total. The quantitative estimate of drug-likeness (QED) is 0.524. The van der Waals surface area contributed by atoms with E-state index in [1.807, 2.05) is 20.0 Å². The van der Waals surface area contributed by atoms with Crippen molar-refractivity contribution in [1.29, 1.82) is 0 Å². The maximum absolute atomic E-state index is 4.12. The SMILES string of the molecule is C/C=C(/NC)C(=NC)n1cncn1. The molecule has 13 heavy (non-hydrogen) atoms. The molecule has 0 fully saturated rings. The normalized spacial score (nSPS) is 13.2. The van der Waals surface area contributed by atoms with Crippen molar-refractivity contribution >= 4 is 5.84 Å². The van der Waals surface area contributed by atoms with Gasteiger partial charge in [0.1, 0.15) is 12.7 Å². The van der Waals surface area contributed by atoms with Crippen LogP contribution in [0.2, 0.25) is 0 Å². The van der Waals surface area contributed by atoms with Crippen LogP contribution >= 0.6 is 0 Å². The highest BCUT2D eigenvalue weighted by atomic mass is 15.3. The molecule has 5 heteroatoms. The van der Waals surface area contributed by atoms with Gasteiger partial charge in [0.25, 0.3) is 0 Å². The topological polar surface area (TPSA) is 55.1 Å². The summed E-state index contributed by atoms with van der Waals surface area (Å²) in [4.78, 5) is 7.98. The highest BCUT2D eigenvalue weighted by Gasteiger charge is 2.05. The van der Waals surface area contributed by atoms with E-state index in [-0.39, 0.29) is 0 Å². The van der Waals surface area contributed by atoms with E-state index in [1.54, 1.807) is 18.1 Å². The minimum atomic E-state index is 0.752. The molecule has 0 aliphatic rings. The van der Waals surface area contributed by atoms with Crippen molar-refractivity contribution in [2.75, 3.05) is 14.1 Å². The van der Waals surface area contributed by atoms with Crippen LogP contribution in [0.1, 0.15) is 6.92 Å². The molecule has 0 bridgehead atoms. The van der Waals surface area contributed by atoms with Gasteiger partial charge < -0.3 is 5.32 Å². The monoisotopic (exact) mass is 179 g/mol. The maximum atomic E-state index is 4.12. The van der Waals surface area contributed by atoms with Gasteiger partial charge in [0, 0.05) is 14.1 Å². The van der Waals surface area contributed by atoms with Crippen LogP contribution in [0.5, 0.6) is 0 Å². The molecule has 0 amide bonds. The largest absolute Gasteiger partial charge is 0.385 e. The smallest absolute Gasteiger partial charge is 0.173 e. The second-order valence-corrected chi connectivity index (χ2v) is 2.34. The van der Waals surface area contributed by atoms with Crippen molar-refractivity contribution < 1.29 is 0 Å². The Morgan fingerprint density at radius 3 is 2.77 bits per heavy atom. The van der Waals surface area contributed by atoms with E-state index in [1.165, 1.54) is 6.33 Å². The van der Waals surface area contributed by atoms with E-state index in [0.29, 0.717) is 0 Å². The highest BCUT2D eigenvalue weighted by Crippen LogP contribution is 1.95. The van der Waals surface area contributed by atoms with Gasteiger partial charge in [-0.25, -0.2) is 9.67 Å². The van der Waals surface area contributed by atoms with Crippen LogP contribution in [0.25, 0.3) is 0 Å². The standard InChI is InChI=1S/C8H13N5/c1-4-7(9-2)8(10-3)13-6-11-5-12-13/h4-6,9H,1-3H3/b7-4+,10-8?. The zero-order valence-corrected chi connectivity index (χ0v) is 8.02. The molecular weight excluding hydrogens is 166 g/mol. The molecule has 0 aromatic carbocycles. The average Bonchev–Trinajstić information content (AvgIpc) is 2.66. The van der Waals surface area contributed by atoms with Crippen molar-refractivity contribution in [3.05, 3.63) is 24.4 Å². The number of nitrogens with one attached hydrogen (secondary N) is 1. The van der Waals surface area contributed by atoms with E-state index >= 15 is 0 Å². The first-order chi connectivity index (χ1) is 6.33. The number of likely N-dealkylation sites (N-methyl/N-ethyl adjacent to an activating group) is 1. The van der Waals surface area contributed by atoms with Crippen molar-refractivity contribution in [2.24, 2.45) is 4.99 Å². The predicted octanol–water partition coefficient (Wildman–Crippen LogP) is 0.278. The Bertz CT molecular complexity index is 309. The lowest BCUT2D eigenvalue weighted by Crippen LogP contribution is -2.23. The molecule has 70 valence electrons. The number of hydrogen-bond acceptors (Lipinski definition) is 4. The third-order valence-corrected chi connectivity index (χ3v) is 1.65. The van der Waals surface area contributed by atoms with Crippen LogP contribution in [-0.2, 0) is 0 Å². The molecule has 0 atom stereocenters. The zero-order chi connectivity index (χ0) is 9.68. The molecule has 0 saturated heterocycles. The Kier molecular flexibility index (Phi) is 3.19. The molecule has 1 rings (SSSR count). The molecule has 0 radical (unpaired) electrons. The highest BCUT2D eigenvalue weighted by molar-refractivity contribution is 5.98. The van der Waals surface area contributed by atoms with Gasteiger partial charge in [0.15, 0.2) is 5.84 Å². The first kappa shape index (κ1) is 9.44. The third kappa shape index (κ3) is 1.93. The molecule has 1 N–H and O–H groups in total. The Morgan fingerprint density at radius 1 is 1.62 bits per heavy atom. The summed E-state index contributed by atoms with van der Waals surface area (Å²) < 4.78 is 1.62. The molecule has 0 spiro atoms. The fraction of sp³-hybridized carbons (Fsp3) is 0.375. The fourth-order valence-electron chi connectivity index (χ4n) is 1.05. The summed E-state index contributed by atoms with van der Waals surface area (Å²) in [5.41, 5.74) is 0.924. The summed E-state index contributed by atoms with van der Waals surface area (Å²) in [7, 11) is 3.56. The summed E-state index contributed by atoms with van der Waals surface area (Å²) in [6.45, 7) is 1.94. The van der Waals surface area contributed by atoms with Crippen molar-refractivity contribution in [3.63, 3.8) is 0 Å². The maximum Gasteiger partial charge on any atom is 0.173 e. The molecule has 1 aromatic rings. The van der Waals surface area contributed by atoms with Crippen LogP contribution < -0.4 is 5.32 Å². The van der Waals surface area contributed by atoms with Gasteiger partial charge in [-0.15, -0.1) is 0 Å². The van der Waals surface area contributed by atoms with Crippen LogP contribution in [0.4, 0.5) is 0 Å². The second-order valence-electron chi connectivity index (χ2n) is 2.34. The number of aliphatic imine (C=N–C) groups is 1. The number of nitrogens with zero attached hydrogens (tertiary/aromatic N) is 4. The van der Waals surface area contributed by atoms with E-state index in [4.69, 9.17) is 0 Å². The molecule has 0 aliphatic carbocycles. The number of allylic oxidation sites excluding steroid dienone is 2. The van der Waals surface area contributed by atoms with Gasteiger partial charge in [0.2, 0.25) is 0 Å². The Morgan fingerprint density at radius 2 is 2.38 bits per heavy atom. The minimum Gasteiger partial charge on any atom is -0.385 e. The van der Waals surface area contributed by atoms with Gasteiger partial charge in [-0.05, 0) is 6.92 Å². The Hall–Kier alpha value is -1.65. The second kappa shape index (κ2) is 4.39. The summed E-state index contributed by atoms with van der Waals surface area (Å²) in [5.74, 6) is 0.752.